The third-order valence-electron chi connectivity index (χ3n) is 6.93. The molecule has 5 rings (SSSR count). The van der Waals surface area contributed by atoms with Gasteiger partial charge in [-0.3, -0.25) is 4.68 Å². The van der Waals surface area contributed by atoms with Crippen LogP contribution in [0, 0.1) is 5.82 Å². The quantitative estimate of drug-likeness (QED) is 0.505. The average Bonchev–Trinajstić information content (AvgIpc) is 3.45. The average molecular weight is 519 g/mol. The zero-order valence-electron chi connectivity index (χ0n) is 20.3. The van der Waals surface area contributed by atoms with Crippen LogP contribution in [0.2, 0.25) is 0 Å². The molecule has 2 aliphatic heterocycles. The molecule has 3 N–H and O–H groups in total. The molecule has 0 saturated carbocycles. The maximum Gasteiger partial charge on any atom is 0.419 e. The van der Waals surface area contributed by atoms with Crippen LogP contribution >= 0.6 is 0 Å². The van der Waals surface area contributed by atoms with Crippen molar-refractivity contribution < 1.29 is 27.1 Å². The summed E-state index contributed by atoms with van der Waals surface area (Å²) in [7, 11) is 0. The molecule has 0 bridgehead atoms. The number of nitrogens with two attached hydrogens (primary N) is 1. The summed E-state index contributed by atoms with van der Waals surface area (Å²) in [6.07, 6.45) is -2.90. The van der Waals surface area contributed by atoms with Gasteiger partial charge in [0.15, 0.2) is 0 Å². The van der Waals surface area contributed by atoms with Gasteiger partial charge in [0.05, 0.1) is 42.2 Å². The van der Waals surface area contributed by atoms with Crippen LogP contribution in [0.1, 0.15) is 37.1 Å². The lowest BCUT2D eigenvalue weighted by atomic mass is 9.94. The molecule has 1 aromatic carbocycles. The molecule has 0 radical (unpaired) electrons. The Kier molecular flexibility index (Phi) is 5.89. The number of rotatable bonds is 3. The summed E-state index contributed by atoms with van der Waals surface area (Å²) in [5.41, 5.74) is 4.55. The summed E-state index contributed by atoms with van der Waals surface area (Å²) in [6.45, 7) is 4.97. The smallest absolute Gasteiger partial charge is 0.383 e. The highest BCUT2D eigenvalue weighted by atomic mass is 19.4. The Hall–Kier alpha value is -3.67. The zero-order chi connectivity index (χ0) is 26.6. The molecule has 0 aliphatic carbocycles. The van der Waals surface area contributed by atoms with Crippen molar-refractivity contribution in [3.05, 3.63) is 65.2 Å². The molecule has 4 heterocycles. The lowest BCUT2D eigenvalue weighted by Gasteiger charge is -2.35. The first-order valence-electron chi connectivity index (χ1n) is 11.8. The molecule has 0 unspecified atom stereocenters. The molecule has 1 fully saturated rings. The summed E-state index contributed by atoms with van der Waals surface area (Å²) in [4.78, 5) is 18.5. The second kappa shape index (κ2) is 8.72. The summed E-state index contributed by atoms with van der Waals surface area (Å²) in [6, 6.07) is 8.35. The summed E-state index contributed by atoms with van der Waals surface area (Å²) >= 11 is 0. The van der Waals surface area contributed by atoms with Gasteiger partial charge in [-0.2, -0.15) is 18.3 Å². The van der Waals surface area contributed by atoms with Crippen molar-refractivity contribution in [2.24, 2.45) is 0 Å². The Balaban J connectivity index is 1.38. The molecule has 2 aliphatic rings. The Labute approximate surface area is 210 Å². The van der Waals surface area contributed by atoms with E-state index in [1.165, 1.54) is 18.3 Å². The fourth-order valence-corrected chi connectivity index (χ4v) is 4.92. The first-order valence-corrected chi connectivity index (χ1v) is 11.8. The minimum Gasteiger partial charge on any atom is -0.383 e. The third-order valence-corrected chi connectivity index (χ3v) is 6.93. The van der Waals surface area contributed by atoms with E-state index < -0.39 is 34.5 Å². The van der Waals surface area contributed by atoms with Crippen molar-refractivity contribution >= 4 is 11.8 Å². The van der Waals surface area contributed by atoms with E-state index in [4.69, 9.17) is 10.5 Å². The van der Waals surface area contributed by atoms with Gasteiger partial charge >= 0.3 is 12.2 Å². The second-order valence-electron chi connectivity index (χ2n) is 9.87. The minimum absolute atomic E-state index is 0.183. The van der Waals surface area contributed by atoms with E-state index >= 15 is 0 Å². The van der Waals surface area contributed by atoms with Crippen LogP contribution in [-0.4, -0.2) is 45.4 Å². The predicted molar refractivity (Wildman–Crippen MR) is 127 cm³/mol. The number of likely N-dealkylation sites (tertiary alicyclic amines) is 1. The fourth-order valence-electron chi connectivity index (χ4n) is 4.92. The molecule has 1 spiro atoms. The first kappa shape index (κ1) is 25.0. The van der Waals surface area contributed by atoms with Gasteiger partial charge < -0.3 is 20.7 Å². The molecule has 12 heteroatoms. The van der Waals surface area contributed by atoms with Gasteiger partial charge in [0.2, 0.25) is 0 Å². The SMILES string of the molecule is CC(C)(NC(=O)N1CC[C@]2(C1)OCCn1nc(-c3cnc(N)c(C(F)(F)F)c3)cc12)c1cccc(F)c1. The number of amides is 2. The number of nitrogens with one attached hydrogen (secondary N) is 1. The molecule has 1 saturated heterocycles. The molecular formula is C25H26F4N6O2. The van der Waals surface area contributed by atoms with Gasteiger partial charge in [-0.1, -0.05) is 12.1 Å². The van der Waals surface area contributed by atoms with Crippen LogP contribution in [0.25, 0.3) is 11.3 Å². The molecule has 2 aromatic heterocycles. The highest BCUT2D eigenvalue weighted by Gasteiger charge is 2.47. The topological polar surface area (TPSA) is 98.3 Å². The largest absolute Gasteiger partial charge is 0.419 e. The number of nitrogens with zero attached hydrogens (tertiary/aromatic N) is 4. The Morgan fingerprint density at radius 2 is 1.97 bits per heavy atom. The molecule has 37 heavy (non-hydrogen) atoms. The van der Waals surface area contributed by atoms with Crippen LogP contribution in [-0.2, 0) is 28.6 Å². The fraction of sp³-hybridized carbons (Fsp3) is 0.400. The number of hydrogen-bond donors (Lipinski definition) is 2. The maximum absolute atomic E-state index is 13.7. The van der Waals surface area contributed by atoms with E-state index in [0.717, 1.165) is 6.07 Å². The van der Waals surface area contributed by atoms with Gasteiger partial charge in [-0.25, -0.2) is 14.2 Å². The standard InChI is InChI=1S/C25H26F4N6O2/c1-23(2,16-4-3-5-17(26)11-16)32-22(36)34-7-6-24(14-34)20-12-19(33-35(20)8-9-37-24)15-10-18(25(27,28)29)21(30)31-13-15/h3-5,10-13H,6-9,14H2,1-2H3,(H2,30,31)(H,32,36)/t24-/m1/s1. The number of benzene rings is 1. The third kappa shape index (κ3) is 4.61. The number of urea groups is 1. The number of nitrogen functional groups attached to an aromatic ring is 1. The maximum atomic E-state index is 13.7. The Bertz CT molecular complexity index is 1360. The van der Waals surface area contributed by atoms with Gasteiger partial charge in [0.25, 0.3) is 0 Å². The summed E-state index contributed by atoms with van der Waals surface area (Å²) in [5.74, 6) is -0.989. The summed E-state index contributed by atoms with van der Waals surface area (Å²) in [5, 5.41) is 7.46. The van der Waals surface area contributed by atoms with E-state index in [0.29, 0.717) is 43.1 Å². The van der Waals surface area contributed by atoms with Crippen LogP contribution in [0.4, 0.5) is 28.2 Å². The molecular weight excluding hydrogens is 492 g/mol. The number of carbonyl (C=O) groups is 1. The van der Waals surface area contributed by atoms with Crippen molar-refractivity contribution in [2.45, 2.75) is 44.1 Å². The second-order valence-corrected chi connectivity index (χ2v) is 9.87. The van der Waals surface area contributed by atoms with Crippen LogP contribution < -0.4 is 11.1 Å². The molecule has 196 valence electrons. The molecule has 8 nitrogen and oxygen atoms in total. The predicted octanol–water partition coefficient (Wildman–Crippen LogP) is 4.26. The first-order chi connectivity index (χ1) is 17.4. The van der Waals surface area contributed by atoms with E-state index in [-0.39, 0.29) is 18.1 Å². The molecule has 3 aromatic rings. The lowest BCUT2D eigenvalue weighted by Crippen LogP contribution is -2.49. The number of pyridine rings is 1. The minimum atomic E-state index is -4.64. The number of halogens is 4. The molecule has 2 amide bonds. The van der Waals surface area contributed by atoms with Crippen molar-refractivity contribution in [1.82, 2.24) is 25.0 Å². The van der Waals surface area contributed by atoms with Gasteiger partial charge in [-0.05, 0) is 43.7 Å². The van der Waals surface area contributed by atoms with Gasteiger partial charge in [-0.15, -0.1) is 0 Å². The van der Waals surface area contributed by atoms with Crippen molar-refractivity contribution in [1.29, 1.82) is 0 Å². The number of fused-ring (bicyclic) bond motifs is 2. The van der Waals surface area contributed by atoms with E-state index in [2.05, 4.69) is 15.4 Å². The number of ether oxygens (including phenoxy) is 1. The van der Waals surface area contributed by atoms with Crippen LogP contribution in [0.5, 0.6) is 0 Å². The summed E-state index contributed by atoms with van der Waals surface area (Å²) < 4.78 is 61.6. The van der Waals surface area contributed by atoms with Gasteiger partial charge in [0, 0.05) is 24.7 Å². The van der Waals surface area contributed by atoms with Crippen molar-refractivity contribution in [3.63, 3.8) is 0 Å². The Morgan fingerprint density at radius 1 is 1.19 bits per heavy atom. The van der Waals surface area contributed by atoms with Crippen LogP contribution in [0.3, 0.4) is 0 Å². The Morgan fingerprint density at radius 3 is 2.70 bits per heavy atom. The van der Waals surface area contributed by atoms with Gasteiger partial charge in [0.1, 0.15) is 17.2 Å². The van der Waals surface area contributed by atoms with Crippen molar-refractivity contribution in [3.8, 4) is 11.3 Å². The highest BCUT2D eigenvalue weighted by Crippen LogP contribution is 2.41. The number of aromatic nitrogens is 3. The van der Waals surface area contributed by atoms with Crippen LogP contribution in [0.15, 0.2) is 42.6 Å². The zero-order valence-corrected chi connectivity index (χ0v) is 20.3. The lowest BCUT2D eigenvalue weighted by molar-refractivity contribution is -0.137. The van der Waals surface area contributed by atoms with Crippen molar-refractivity contribution in [2.75, 3.05) is 25.4 Å². The normalized spacial score (nSPS) is 19.8. The van der Waals surface area contributed by atoms with E-state index in [9.17, 15) is 22.4 Å². The number of alkyl halides is 3. The number of anilines is 1. The molecule has 1 atom stereocenters. The highest BCUT2D eigenvalue weighted by molar-refractivity contribution is 5.76. The number of hydrogen-bond acceptors (Lipinski definition) is 5. The van der Waals surface area contributed by atoms with E-state index in [1.807, 2.05) is 0 Å². The van der Waals surface area contributed by atoms with E-state index in [1.54, 1.807) is 41.6 Å². The monoisotopic (exact) mass is 518 g/mol. The number of carbonyl (C=O) groups excluding carboxylic acids is 1.